The molecule has 58 heavy (non-hydrogen) atoms. The van der Waals surface area contributed by atoms with Gasteiger partial charge in [-0.15, -0.1) is 0 Å². The second kappa shape index (κ2) is 13.4. The lowest BCUT2D eigenvalue weighted by Gasteiger charge is -2.22. The fraction of sp³-hybridized carbons (Fsp3) is 0.0556. The Kier molecular flexibility index (Phi) is 7.80. The highest BCUT2D eigenvalue weighted by Crippen LogP contribution is 2.49. The molecule has 1 aliphatic carbocycles. The zero-order valence-corrected chi connectivity index (χ0v) is 32.3. The third kappa shape index (κ3) is 5.56. The van der Waals surface area contributed by atoms with Crippen molar-refractivity contribution in [3.05, 3.63) is 205 Å². The molecular formula is C54H38N4. The Morgan fingerprint density at radius 3 is 1.50 bits per heavy atom. The molecule has 0 saturated heterocycles. The highest BCUT2D eigenvalue weighted by Gasteiger charge is 2.35. The van der Waals surface area contributed by atoms with E-state index in [0.717, 1.165) is 33.5 Å². The van der Waals surface area contributed by atoms with Crippen molar-refractivity contribution in [2.24, 2.45) is 0 Å². The van der Waals surface area contributed by atoms with E-state index in [0.29, 0.717) is 17.5 Å². The molecule has 0 atom stereocenters. The van der Waals surface area contributed by atoms with E-state index >= 15 is 0 Å². The SMILES string of the molecule is CC1(C)c2ccccc2-c2ccc(-c3ccc4c(c3)c3ccc(-c5ccc(-c6nc(-c7ccccc7)nc(-c7ccccc7)n6)cc5)cc3n4-c3ccccc3)cc21. The van der Waals surface area contributed by atoms with Crippen LogP contribution in [0.5, 0.6) is 0 Å². The van der Waals surface area contributed by atoms with Gasteiger partial charge in [0.25, 0.3) is 0 Å². The average Bonchev–Trinajstić information content (AvgIpc) is 3.74. The largest absolute Gasteiger partial charge is 0.309 e. The Balaban J connectivity index is 0.998. The Hall–Kier alpha value is -7.43. The zero-order chi connectivity index (χ0) is 38.8. The van der Waals surface area contributed by atoms with Gasteiger partial charge in [-0.3, -0.25) is 0 Å². The monoisotopic (exact) mass is 742 g/mol. The van der Waals surface area contributed by atoms with Crippen molar-refractivity contribution in [2.45, 2.75) is 19.3 Å². The lowest BCUT2D eigenvalue weighted by molar-refractivity contribution is 0.660. The third-order valence-electron chi connectivity index (χ3n) is 11.9. The molecule has 0 bridgehead atoms. The fourth-order valence-electron chi connectivity index (χ4n) is 8.87. The van der Waals surface area contributed by atoms with E-state index in [4.69, 9.17) is 15.0 Å². The summed E-state index contributed by atoms with van der Waals surface area (Å²) < 4.78 is 2.40. The molecule has 11 rings (SSSR count). The van der Waals surface area contributed by atoms with Gasteiger partial charge in [0.1, 0.15) is 0 Å². The molecule has 274 valence electrons. The molecule has 8 aromatic carbocycles. The number of para-hydroxylation sites is 1. The number of nitrogens with zero attached hydrogens (tertiary/aromatic N) is 4. The molecule has 0 N–H and O–H groups in total. The predicted octanol–water partition coefficient (Wildman–Crippen LogP) is 13.6. The first kappa shape index (κ1) is 33.9. The van der Waals surface area contributed by atoms with Crippen molar-refractivity contribution in [2.75, 3.05) is 0 Å². The molecule has 0 amide bonds. The molecule has 4 heteroatoms. The van der Waals surface area contributed by atoms with Gasteiger partial charge >= 0.3 is 0 Å². The molecule has 0 aliphatic heterocycles. The van der Waals surface area contributed by atoms with Crippen molar-refractivity contribution in [3.63, 3.8) is 0 Å². The summed E-state index contributed by atoms with van der Waals surface area (Å²) in [6.07, 6.45) is 0. The van der Waals surface area contributed by atoms with Gasteiger partial charge in [-0.1, -0.05) is 172 Å². The molecule has 0 fully saturated rings. The Labute approximate surface area is 337 Å². The minimum atomic E-state index is -0.0501. The van der Waals surface area contributed by atoms with Crippen LogP contribution < -0.4 is 0 Å². The summed E-state index contributed by atoms with van der Waals surface area (Å²) in [4.78, 5) is 14.8. The highest BCUT2D eigenvalue weighted by atomic mass is 15.0. The molecule has 0 spiro atoms. The van der Waals surface area contributed by atoms with Crippen molar-refractivity contribution >= 4 is 21.8 Å². The van der Waals surface area contributed by atoms with Crippen molar-refractivity contribution in [1.29, 1.82) is 0 Å². The summed E-state index contributed by atoms with van der Waals surface area (Å²) in [5.41, 5.74) is 16.5. The maximum atomic E-state index is 4.95. The number of benzene rings is 8. The van der Waals surface area contributed by atoms with Crippen LogP contribution in [0.4, 0.5) is 0 Å². The average molecular weight is 743 g/mol. The van der Waals surface area contributed by atoms with Crippen LogP contribution in [0.15, 0.2) is 194 Å². The van der Waals surface area contributed by atoms with Gasteiger partial charge in [-0.25, -0.2) is 15.0 Å². The van der Waals surface area contributed by atoms with Crippen LogP contribution >= 0.6 is 0 Å². The molecule has 0 radical (unpaired) electrons. The zero-order valence-electron chi connectivity index (χ0n) is 32.3. The summed E-state index contributed by atoms with van der Waals surface area (Å²) in [5, 5.41) is 2.46. The first-order valence-electron chi connectivity index (χ1n) is 19.9. The summed E-state index contributed by atoms with van der Waals surface area (Å²) in [6.45, 7) is 4.69. The molecule has 2 aromatic heterocycles. The smallest absolute Gasteiger partial charge is 0.164 e. The van der Waals surface area contributed by atoms with Crippen molar-refractivity contribution in [3.8, 4) is 73.2 Å². The molecule has 4 nitrogen and oxygen atoms in total. The second-order valence-corrected chi connectivity index (χ2v) is 15.7. The Morgan fingerprint density at radius 2 is 0.828 bits per heavy atom. The molecule has 2 heterocycles. The molecule has 10 aromatic rings. The lowest BCUT2D eigenvalue weighted by Crippen LogP contribution is -2.14. The maximum Gasteiger partial charge on any atom is 0.164 e. The predicted molar refractivity (Wildman–Crippen MR) is 239 cm³/mol. The highest BCUT2D eigenvalue weighted by molar-refractivity contribution is 6.11. The first-order chi connectivity index (χ1) is 28.5. The van der Waals surface area contributed by atoms with Crippen LogP contribution in [0.1, 0.15) is 25.0 Å². The Bertz CT molecular complexity index is 3110. The van der Waals surface area contributed by atoms with Crippen LogP contribution in [-0.2, 0) is 5.41 Å². The van der Waals surface area contributed by atoms with Crippen LogP contribution in [0, 0.1) is 0 Å². The van der Waals surface area contributed by atoms with Gasteiger partial charge in [0.05, 0.1) is 11.0 Å². The standard InChI is InChI=1S/C54H38N4/c1-54(2)47-21-13-12-20-43(47)44-29-26-40(33-48(44)54)39-28-31-49-46(32-39)45-30-27-41(34-50(45)58(49)42-18-10-5-11-19-42)35-22-24-38(25-23-35)53-56-51(36-14-6-3-7-15-36)55-52(57-53)37-16-8-4-9-17-37/h3-34H,1-2H3. The third-order valence-corrected chi connectivity index (χ3v) is 11.9. The number of hydrogen-bond donors (Lipinski definition) is 0. The first-order valence-corrected chi connectivity index (χ1v) is 19.9. The number of aromatic nitrogens is 4. The van der Waals surface area contributed by atoms with E-state index in [1.165, 1.54) is 55.2 Å². The van der Waals surface area contributed by atoms with E-state index < -0.39 is 0 Å². The molecule has 0 saturated carbocycles. The van der Waals surface area contributed by atoms with Crippen molar-refractivity contribution < 1.29 is 0 Å². The van der Waals surface area contributed by atoms with E-state index in [1.807, 2.05) is 60.7 Å². The van der Waals surface area contributed by atoms with E-state index in [9.17, 15) is 0 Å². The quantitative estimate of drug-likeness (QED) is 0.170. The molecule has 1 aliphatic rings. The van der Waals surface area contributed by atoms with Gasteiger partial charge in [-0.2, -0.15) is 0 Å². The summed E-state index contributed by atoms with van der Waals surface area (Å²) in [6, 6.07) is 69.2. The van der Waals surface area contributed by atoms with Crippen LogP contribution in [0.2, 0.25) is 0 Å². The Morgan fingerprint density at radius 1 is 0.345 bits per heavy atom. The molecular weight excluding hydrogens is 705 g/mol. The van der Waals surface area contributed by atoms with Crippen molar-refractivity contribution in [1.82, 2.24) is 19.5 Å². The number of fused-ring (bicyclic) bond motifs is 6. The van der Waals surface area contributed by atoms with Crippen LogP contribution in [0.3, 0.4) is 0 Å². The fourth-order valence-corrected chi connectivity index (χ4v) is 8.87. The molecule has 0 unspecified atom stereocenters. The topological polar surface area (TPSA) is 43.6 Å². The summed E-state index contributed by atoms with van der Waals surface area (Å²) in [5.74, 6) is 1.95. The second-order valence-electron chi connectivity index (χ2n) is 15.7. The van der Waals surface area contributed by atoms with E-state index in [1.54, 1.807) is 0 Å². The summed E-state index contributed by atoms with van der Waals surface area (Å²) in [7, 11) is 0. The minimum absolute atomic E-state index is 0.0501. The lowest BCUT2D eigenvalue weighted by atomic mass is 9.81. The van der Waals surface area contributed by atoms with E-state index in [-0.39, 0.29) is 5.41 Å². The van der Waals surface area contributed by atoms with Gasteiger partial charge < -0.3 is 4.57 Å². The van der Waals surface area contributed by atoms with E-state index in [2.05, 4.69) is 152 Å². The normalized spacial score (nSPS) is 12.8. The van der Waals surface area contributed by atoms with Crippen LogP contribution in [0.25, 0.3) is 95.0 Å². The van der Waals surface area contributed by atoms with Gasteiger partial charge in [0, 0.05) is 38.6 Å². The van der Waals surface area contributed by atoms with Gasteiger partial charge in [0.15, 0.2) is 17.5 Å². The number of hydrogen-bond acceptors (Lipinski definition) is 3. The number of rotatable bonds is 6. The van der Waals surface area contributed by atoms with Gasteiger partial charge in [-0.05, 0) is 80.9 Å². The summed E-state index contributed by atoms with van der Waals surface area (Å²) >= 11 is 0. The minimum Gasteiger partial charge on any atom is -0.309 e. The maximum absolute atomic E-state index is 4.95. The van der Waals surface area contributed by atoms with Crippen LogP contribution in [-0.4, -0.2) is 19.5 Å². The van der Waals surface area contributed by atoms with Gasteiger partial charge in [0.2, 0.25) is 0 Å².